The van der Waals surface area contributed by atoms with Gasteiger partial charge in [-0.15, -0.1) is 11.3 Å². The lowest BCUT2D eigenvalue weighted by atomic mass is 10.2. The predicted molar refractivity (Wildman–Crippen MR) is 121 cm³/mol. The van der Waals surface area contributed by atoms with Gasteiger partial charge >= 0.3 is 0 Å². The Labute approximate surface area is 179 Å². The molecule has 0 atom stereocenters. The highest BCUT2D eigenvalue weighted by molar-refractivity contribution is 7.19. The van der Waals surface area contributed by atoms with E-state index in [1.165, 1.54) is 4.88 Å². The molecule has 2 heterocycles. The number of carbonyl (C=O) groups excluding carboxylic acids is 1. The second-order valence-corrected chi connectivity index (χ2v) is 8.40. The van der Waals surface area contributed by atoms with Gasteiger partial charge in [0.05, 0.1) is 24.4 Å². The lowest BCUT2D eigenvalue weighted by Crippen LogP contribution is -2.25. The molecule has 30 heavy (non-hydrogen) atoms. The lowest BCUT2D eigenvalue weighted by Gasteiger charge is -2.13. The SMILES string of the molecule is COc1cc(Cn2c(C(=O)NCc3ccccc3)cc3sc(C)cc32)cc(OC)c1. The number of thiophene rings is 1. The van der Waals surface area contributed by atoms with Crippen molar-refractivity contribution in [3.8, 4) is 11.5 Å². The summed E-state index contributed by atoms with van der Waals surface area (Å²) < 4.78 is 14.0. The fraction of sp³-hybridized carbons (Fsp3) is 0.208. The van der Waals surface area contributed by atoms with E-state index in [-0.39, 0.29) is 5.91 Å². The molecule has 1 N–H and O–H groups in total. The predicted octanol–water partition coefficient (Wildman–Crippen LogP) is 5.01. The molecule has 2 aromatic heterocycles. The first-order valence-electron chi connectivity index (χ1n) is 9.71. The normalized spacial score (nSPS) is 10.9. The number of aromatic nitrogens is 1. The number of ether oxygens (including phenoxy) is 2. The van der Waals surface area contributed by atoms with Crippen LogP contribution in [0.15, 0.2) is 60.7 Å². The van der Waals surface area contributed by atoms with Crippen molar-refractivity contribution in [2.45, 2.75) is 20.0 Å². The Morgan fingerprint density at radius 3 is 2.33 bits per heavy atom. The Kier molecular flexibility index (Phi) is 5.77. The second-order valence-electron chi connectivity index (χ2n) is 7.11. The summed E-state index contributed by atoms with van der Waals surface area (Å²) in [6.07, 6.45) is 0. The molecular formula is C24H24N2O3S. The van der Waals surface area contributed by atoms with E-state index in [0.717, 1.165) is 32.8 Å². The summed E-state index contributed by atoms with van der Waals surface area (Å²) in [5.41, 5.74) is 3.78. The number of rotatable bonds is 7. The van der Waals surface area contributed by atoms with Gasteiger partial charge in [0.25, 0.3) is 5.91 Å². The smallest absolute Gasteiger partial charge is 0.268 e. The van der Waals surface area contributed by atoms with Gasteiger partial charge in [-0.1, -0.05) is 30.3 Å². The van der Waals surface area contributed by atoms with Gasteiger partial charge in [0.1, 0.15) is 17.2 Å². The first-order chi connectivity index (χ1) is 14.6. The van der Waals surface area contributed by atoms with Crippen LogP contribution in [-0.2, 0) is 13.1 Å². The van der Waals surface area contributed by atoms with Crippen LogP contribution < -0.4 is 14.8 Å². The first-order valence-corrected chi connectivity index (χ1v) is 10.5. The fourth-order valence-electron chi connectivity index (χ4n) is 3.53. The van der Waals surface area contributed by atoms with E-state index < -0.39 is 0 Å². The third kappa shape index (κ3) is 4.19. The monoisotopic (exact) mass is 420 g/mol. The Morgan fingerprint density at radius 2 is 1.67 bits per heavy atom. The summed E-state index contributed by atoms with van der Waals surface area (Å²) >= 11 is 1.69. The number of fused-ring (bicyclic) bond motifs is 1. The summed E-state index contributed by atoms with van der Waals surface area (Å²) in [7, 11) is 3.27. The van der Waals surface area contributed by atoms with Crippen LogP contribution in [0, 0.1) is 6.92 Å². The van der Waals surface area contributed by atoms with Crippen LogP contribution in [0.1, 0.15) is 26.5 Å². The zero-order valence-corrected chi connectivity index (χ0v) is 18.1. The van der Waals surface area contributed by atoms with Crippen LogP contribution in [0.25, 0.3) is 10.2 Å². The van der Waals surface area contributed by atoms with Gasteiger partial charge in [-0.3, -0.25) is 4.79 Å². The molecule has 6 heteroatoms. The van der Waals surface area contributed by atoms with Crippen LogP contribution in [0.2, 0.25) is 0 Å². The fourth-order valence-corrected chi connectivity index (χ4v) is 4.49. The Morgan fingerprint density at radius 1 is 0.967 bits per heavy atom. The summed E-state index contributed by atoms with van der Waals surface area (Å²) in [6.45, 7) is 3.12. The topological polar surface area (TPSA) is 52.5 Å². The van der Waals surface area contributed by atoms with Gasteiger partial charge in [0.2, 0.25) is 0 Å². The molecule has 0 aliphatic rings. The Bertz CT molecular complexity index is 1160. The van der Waals surface area contributed by atoms with Crippen molar-refractivity contribution in [3.05, 3.63) is 82.4 Å². The molecule has 0 radical (unpaired) electrons. The minimum atomic E-state index is -0.0882. The molecule has 0 spiro atoms. The van der Waals surface area contributed by atoms with Gasteiger partial charge in [-0.25, -0.2) is 0 Å². The van der Waals surface area contributed by atoms with E-state index in [0.29, 0.717) is 18.8 Å². The summed E-state index contributed by atoms with van der Waals surface area (Å²) in [5, 5.41) is 3.05. The maximum absolute atomic E-state index is 13.1. The standard InChI is InChI=1S/C24H24N2O3S/c1-16-9-21-23(30-16)13-22(24(27)25-14-17-7-5-4-6-8-17)26(21)15-18-10-19(28-2)12-20(11-18)29-3/h4-13H,14-15H2,1-3H3,(H,25,27). The average Bonchev–Trinajstić information content (AvgIpc) is 3.29. The number of nitrogens with one attached hydrogen (secondary N) is 1. The van der Waals surface area contributed by atoms with E-state index in [1.807, 2.05) is 54.6 Å². The number of carbonyl (C=O) groups is 1. The molecule has 5 nitrogen and oxygen atoms in total. The molecule has 0 bridgehead atoms. The molecule has 0 saturated heterocycles. The summed E-state index contributed by atoms with van der Waals surface area (Å²) in [5.74, 6) is 1.36. The van der Waals surface area contributed by atoms with Crippen LogP contribution in [-0.4, -0.2) is 24.7 Å². The Balaban J connectivity index is 1.67. The Hall–Kier alpha value is -3.25. The van der Waals surface area contributed by atoms with Gasteiger partial charge in [-0.2, -0.15) is 0 Å². The van der Waals surface area contributed by atoms with Gasteiger partial charge in [-0.05, 0) is 42.3 Å². The van der Waals surface area contributed by atoms with Crippen molar-refractivity contribution < 1.29 is 14.3 Å². The molecule has 0 unspecified atom stereocenters. The molecule has 0 saturated carbocycles. The maximum atomic E-state index is 13.1. The van der Waals surface area contributed by atoms with E-state index in [9.17, 15) is 4.79 Å². The van der Waals surface area contributed by atoms with E-state index in [2.05, 4.69) is 22.9 Å². The molecule has 4 rings (SSSR count). The highest BCUT2D eigenvalue weighted by atomic mass is 32.1. The van der Waals surface area contributed by atoms with Crippen molar-refractivity contribution in [1.82, 2.24) is 9.88 Å². The van der Waals surface area contributed by atoms with Crippen molar-refractivity contribution >= 4 is 27.5 Å². The minimum Gasteiger partial charge on any atom is -0.497 e. The van der Waals surface area contributed by atoms with Gasteiger partial charge in [0.15, 0.2) is 0 Å². The quantitative estimate of drug-likeness (QED) is 0.457. The first kappa shape index (κ1) is 20.0. The average molecular weight is 421 g/mol. The van der Waals surface area contributed by atoms with E-state index in [1.54, 1.807) is 25.6 Å². The summed E-state index contributed by atoms with van der Waals surface area (Å²) in [6, 6.07) is 19.8. The maximum Gasteiger partial charge on any atom is 0.268 e. The molecule has 0 aliphatic carbocycles. The zero-order chi connectivity index (χ0) is 21.1. The largest absolute Gasteiger partial charge is 0.497 e. The van der Waals surface area contributed by atoms with Crippen molar-refractivity contribution in [2.75, 3.05) is 14.2 Å². The molecule has 0 fully saturated rings. The molecular weight excluding hydrogens is 396 g/mol. The number of nitrogens with zero attached hydrogens (tertiary/aromatic N) is 1. The lowest BCUT2D eigenvalue weighted by molar-refractivity contribution is 0.0942. The van der Waals surface area contributed by atoms with Crippen molar-refractivity contribution in [2.24, 2.45) is 0 Å². The number of aryl methyl sites for hydroxylation is 1. The molecule has 154 valence electrons. The highest BCUT2D eigenvalue weighted by Crippen LogP contribution is 2.31. The number of amides is 1. The number of hydrogen-bond donors (Lipinski definition) is 1. The summed E-state index contributed by atoms with van der Waals surface area (Å²) in [4.78, 5) is 14.3. The van der Waals surface area contributed by atoms with Gasteiger partial charge in [0, 0.05) is 24.0 Å². The minimum absolute atomic E-state index is 0.0882. The zero-order valence-electron chi connectivity index (χ0n) is 17.3. The number of hydrogen-bond acceptors (Lipinski definition) is 4. The van der Waals surface area contributed by atoms with Crippen molar-refractivity contribution in [3.63, 3.8) is 0 Å². The van der Waals surface area contributed by atoms with E-state index >= 15 is 0 Å². The van der Waals surface area contributed by atoms with Gasteiger partial charge < -0.3 is 19.4 Å². The second kappa shape index (κ2) is 8.63. The number of methoxy groups -OCH3 is 2. The van der Waals surface area contributed by atoms with Crippen LogP contribution in [0.5, 0.6) is 11.5 Å². The van der Waals surface area contributed by atoms with Crippen LogP contribution in [0.3, 0.4) is 0 Å². The number of benzene rings is 2. The van der Waals surface area contributed by atoms with Crippen LogP contribution >= 0.6 is 11.3 Å². The molecule has 2 aromatic carbocycles. The van der Waals surface area contributed by atoms with Crippen molar-refractivity contribution in [1.29, 1.82) is 0 Å². The molecule has 0 aliphatic heterocycles. The molecule has 4 aromatic rings. The van der Waals surface area contributed by atoms with Crippen LogP contribution in [0.4, 0.5) is 0 Å². The third-order valence-electron chi connectivity index (χ3n) is 4.99. The van der Waals surface area contributed by atoms with E-state index in [4.69, 9.17) is 9.47 Å². The third-order valence-corrected chi connectivity index (χ3v) is 5.98. The molecule has 1 amide bonds. The highest BCUT2D eigenvalue weighted by Gasteiger charge is 2.18.